The van der Waals surface area contributed by atoms with E-state index in [9.17, 15) is 36.9 Å². The van der Waals surface area contributed by atoms with Gasteiger partial charge in [-0.25, -0.2) is 4.79 Å². The second kappa shape index (κ2) is 8.17. The van der Waals surface area contributed by atoms with Gasteiger partial charge in [-0.05, 0) is 12.1 Å². The molecule has 0 spiro atoms. The molecule has 12 nitrogen and oxygen atoms in total. The molecular formula is C16H18N2O10S2. The van der Waals surface area contributed by atoms with E-state index in [4.69, 9.17) is 14.8 Å². The van der Waals surface area contributed by atoms with Crippen LogP contribution in [-0.2, 0) is 30.6 Å². The van der Waals surface area contributed by atoms with Crippen molar-refractivity contribution in [3.63, 3.8) is 0 Å². The van der Waals surface area contributed by atoms with Crippen LogP contribution < -0.4 is 11.1 Å². The van der Waals surface area contributed by atoms with Gasteiger partial charge in [0.2, 0.25) is 0 Å². The molecule has 0 aliphatic rings. The molecule has 0 radical (unpaired) electrons. The molecule has 8 N–H and O–H groups in total. The number of phenolic OH excluding ortho intramolecular Hbond substituents is 2. The topological polar surface area (TPSA) is 225 Å². The minimum Gasteiger partial charge on any atom is -0.508 e. The number of benzene rings is 2. The first kappa shape index (κ1) is 23.5. The van der Waals surface area contributed by atoms with Gasteiger partial charge in [0.25, 0.3) is 20.2 Å². The predicted molar refractivity (Wildman–Crippen MR) is 101 cm³/mol. The van der Waals surface area contributed by atoms with Crippen molar-refractivity contribution in [3.8, 4) is 11.5 Å². The highest BCUT2D eigenvalue weighted by molar-refractivity contribution is 7.86. The number of phenols is 2. The molecule has 0 aromatic heterocycles. The number of aliphatic carboxylic acids is 1. The van der Waals surface area contributed by atoms with Crippen LogP contribution in [0.25, 0.3) is 0 Å². The van der Waals surface area contributed by atoms with Gasteiger partial charge in [-0.2, -0.15) is 16.8 Å². The molecule has 0 saturated carbocycles. The summed E-state index contributed by atoms with van der Waals surface area (Å²) in [6.07, 6.45) is 0. The zero-order valence-electron chi connectivity index (χ0n) is 15.0. The maximum atomic E-state index is 12.3. The lowest BCUT2D eigenvalue weighted by Gasteiger charge is -2.33. The summed E-state index contributed by atoms with van der Waals surface area (Å²) in [4.78, 5) is 10.9. The predicted octanol–water partition coefficient (Wildman–Crippen LogP) is -0.532. The Balaban J connectivity index is 2.86. The molecule has 164 valence electrons. The summed E-state index contributed by atoms with van der Waals surface area (Å²) in [5.74, 6) is -3.40. The van der Waals surface area contributed by atoms with Crippen molar-refractivity contribution in [1.29, 1.82) is 0 Å². The minimum absolute atomic E-state index is 0.0806. The summed E-state index contributed by atoms with van der Waals surface area (Å²) in [6.45, 7) is -0.242. The number of carboxylic acids is 1. The van der Waals surface area contributed by atoms with Crippen LogP contribution in [0.3, 0.4) is 0 Å². The van der Waals surface area contributed by atoms with Crippen LogP contribution >= 0.6 is 0 Å². The number of nitrogens with one attached hydrogen (secondary N) is 1. The van der Waals surface area contributed by atoms with Crippen LogP contribution in [0, 0.1) is 0 Å². The van der Waals surface area contributed by atoms with E-state index in [2.05, 4.69) is 5.32 Å². The van der Waals surface area contributed by atoms with Gasteiger partial charge in [-0.15, -0.1) is 0 Å². The maximum absolute atomic E-state index is 12.3. The van der Waals surface area contributed by atoms with Gasteiger partial charge in [0.15, 0.2) is 5.54 Å². The van der Waals surface area contributed by atoms with E-state index in [1.807, 2.05) is 0 Å². The van der Waals surface area contributed by atoms with E-state index in [-0.39, 0.29) is 13.1 Å². The highest BCUT2D eigenvalue weighted by Gasteiger charge is 2.46. The Labute approximate surface area is 171 Å². The maximum Gasteiger partial charge on any atom is 0.333 e. The van der Waals surface area contributed by atoms with Crippen molar-refractivity contribution in [2.45, 2.75) is 15.3 Å². The fraction of sp³-hybridized carbons (Fsp3) is 0.188. The number of hydrogen-bond acceptors (Lipinski definition) is 9. The van der Waals surface area contributed by atoms with E-state index >= 15 is 0 Å². The van der Waals surface area contributed by atoms with Gasteiger partial charge in [-0.1, -0.05) is 12.1 Å². The van der Waals surface area contributed by atoms with Gasteiger partial charge in [0.1, 0.15) is 11.5 Å². The summed E-state index contributed by atoms with van der Waals surface area (Å²) in [7, 11) is -9.42. The molecule has 0 unspecified atom stereocenters. The number of rotatable bonds is 8. The van der Waals surface area contributed by atoms with Gasteiger partial charge < -0.3 is 21.1 Å². The van der Waals surface area contributed by atoms with Crippen molar-refractivity contribution in [3.05, 3.63) is 47.5 Å². The first-order valence-electron chi connectivity index (χ1n) is 8.05. The number of carbonyl (C=O) groups is 1. The number of nitrogens with two attached hydrogens (primary N) is 1. The normalized spacial score (nSPS) is 12.6. The smallest absolute Gasteiger partial charge is 0.333 e. The molecule has 2 aromatic carbocycles. The minimum atomic E-state index is -4.71. The van der Waals surface area contributed by atoms with Crippen molar-refractivity contribution < 1.29 is 46.1 Å². The summed E-state index contributed by atoms with van der Waals surface area (Å²) in [6, 6.07) is 4.66. The Bertz CT molecular complexity index is 1110. The van der Waals surface area contributed by atoms with E-state index < -0.39 is 64.2 Å². The summed E-state index contributed by atoms with van der Waals surface area (Å²) >= 11 is 0. The number of aromatic hydroxyl groups is 2. The van der Waals surface area contributed by atoms with Crippen molar-refractivity contribution >= 4 is 26.2 Å². The lowest BCUT2D eigenvalue weighted by atomic mass is 9.81. The van der Waals surface area contributed by atoms with Crippen LogP contribution in [0.4, 0.5) is 0 Å². The number of hydrogen-bond donors (Lipinski definition) is 7. The highest BCUT2D eigenvalue weighted by atomic mass is 32.2. The molecule has 0 aliphatic heterocycles. The molecule has 0 amide bonds. The Morgan fingerprint density at radius 3 is 1.57 bits per heavy atom. The Morgan fingerprint density at radius 1 is 0.900 bits per heavy atom. The van der Waals surface area contributed by atoms with E-state index in [0.29, 0.717) is 12.1 Å². The molecule has 2 aromatic rings. The number of carboxylic acid groups (broad SMARTS) is 1. The van der Waals surface area contributed by atoms with Crippen molar-refractivity contribution in [1.82, 2.24) is 5.32 Å². The first-order chi connectivity index (χ1) is 13.7. The molecule has 0 fully saturated rings. The third-order valence-corrected chi connectivity index (χ3v) is 5.90. The summed E-state index contributed by atoms with van der Waals surface area (Å²) in [5, 5.41) is 33.2. The van der Waals surface area contributed by atoms with Gasteiger partial charge in [0.05, 0.1) is 9.79 Å². The first-order valence-corrected chi connectivity index (χ1v) is 10.9. The zero-order chi connectivity index (χ0) is 22.9. The second-order valence-corrected chi connectivity index (χ2v) is 8.92. The lowest BCUT2D eigenvalue weighted by molar-refractivity contribution is -0.143. The Hall–Kier alpha value is -2.75. The molecule has 0 saturated heterocycles. The molecule has 2 rings (SSSR count). The molecule has 14 heteroatoms. The quantitative estimate of drug-likeness (QED) is 0.246. The van der Waals surface area contributed by atoms with Crippen molar-refractivity contribution in [2.75, 3.05) is 13.1 Å². The molecule has 0 heterocycles. The third-order valence-electron chi connectivity index (χ3n) is 4.20. The molecule has 0 atom stereocenters. The fourth-order valence-corrected chi connectivity index (χ4v) is 3.88. The van der Waals surface area contributed by atoms with Crippen LogP contribution in [0.5, 0.6) is 11.5 Å². The standard InChI is InChI=1S/C16H18N2O10S2/c17-5-6-18-16(15(21)22,11-3-1-9(7-13(11)19)29(23,24)25)12-4-2-10(8-14(12)20)30(26,27)28/h1-4,7-8,18-20H,5-6,17H2,(H,21,22)(H,23,24,25)(H,26,27,28). The van der Waals surface area contributed by atoms with Crippen LogP contribution in [-0.4, -0.2) is 60.3 Å². The van der Waals surface area contributed by atoms with E-state index in [1.165, 1.54) is 0 Å². The average Bonchev–Trinajstić information content (AvgIpc) is 2.62. The Morgan fingerprint density at radius 2 is 1.30 bits per heavy atom. The fourth-order valence-electron chi connectivity index (χ4n) is 2.88. The van der Waals surface area contributed by atoms with E-state index in [1.54, 1.807) is 0 Å². The van der Waals surface area contributed by atoms with Gasteiger partial charge >= 0.3 is 5.97 Å². The molecule has 30 heavy (non-hydrogen) atoms. The van der Waals surface area contributed by atoms with Crippen LogP contribution in [0.1, 0.15) is 11.1 Å². The zero-order valence-corrected chi connectivity index (χ0v) is 16.7. The monoisotopic (exact) mass is 462 g/mol. The van der Waals surface area contributed by atoms with Crippen LogP contribution in [0.2, 0.25) is 0 Å². The Kier molecular flexibility index (Phi) is 6.41. The lowest BCUT2D eigenvalue weighted by Crippen LogP contribution is -2.51. The van der Waals surface area contributed by atoms with Gasteiger partial charge in [-0.3, -0.25) is 14.4 Å². The van der Waals surface area contributed by atoms with Crippen LogP contribution in [0.15, 0.2) is 46.2 Å². The SMILES string of the molecule is NCCNC(C(=O)O)(c1ccc(S(=O)(=O)O)cc1O)c1ccc(S(=O)(=O)O)cc1O. The summed E-state index contributed by atoms with van der Waals surface area (Å²) < 4.78 is 63.4. The third kappa shape index (κ3) is 4.38. The highest BCUT2D eigenvalue weighted by Crippen LogP contribution is 2.41. The van der Waals surface area contributed by atoms with E-state index in [0.717, 1.165) is 24.3 Å². The molecule has 0 bridgehead atoms. The van der Waals surface area contributed by atoms with Crippen molar-refractivity contribution in [2.24, 2.45) is 5.73 Å². The largest absolute Gasteiger partial charge is 0.508 e. The second-order valence-electron chi connectivity index (χ2n) is 6.08. The van der Waals surface area contributed by atoms with Gasteiger partial charge in [0, 0.05) is 36.3 Å². The summed E-state index contributed by atoms with van der Waals surface area (Å²) in [5.41, 5.74) is 2.13. The molecule has 0 aliphatic carbocycles. The molecular weight excluding hydrogens is 444 g/mol. The average molecular weight is 462 g/mol.